The standard InChI is InChI=1S/C50H82N2/c1-4-6-8-10-12-14-16-18-19-21-23-25-27-35-41-48(50(3,47-39-33-30-34-40-47)45-46-37-31-29-32-38-46)49-51-42-44-52(49)43-36-28-26-24-22-20-17-15-13-11-9-7-5-2/h29-34,37-40,42,44,48H,4-28,35-36,41,43,45H2,1-3H3/p+1. The fourth-order valence-corrected chi connectivity index (χ4v) is 8.74. The van der Waals surface area contributed by atoms with E-state index < -0.39 is 0 Å². The molecule has 52 heavy (non-hydrogen) atoms. The summed E-state index contributed by atoms with van der Waals surface area (Å²) in [5.41, 5.74) is 2.91. The fraction of sp³-hybridized carbons (Fsp3) is 0.700. The SMILES string of the molecule is CCCCCCCCCCCCCCCCC(c1[nH]cc[n+]1CCCCCCCCCCCCCCC)C(C)(Cc1ccccc1)c1ccccc1. The van der Waals surface area contributed by atoms with E-state index in [9.17, 15) is 0 Å². The van der Waals surface area contributed by atoms with Crippen LogP contribution in [-0.4, -0.2) is 4.98 Å². The summed E-state index contributed by atoms with van der Waals surface area (Å²) in [6.45, 7) is 8.30. The molecule has 0 fully saturated rings. The number of rotatable bonds is 34. The van der Waals surface area contributed by atoms with Gasteiger partial charge in [0.15, 0.2) is 0 Å². The van der Waals surface area contributed by atoms with Gasteiger partial charge in [-0.1, -0.05) is 242 Å². The second-order valence-electron chi connectivity index (χ2n) is 16.7. The minimum absolute atomic E-state index is 0.00174. The predicted octanol–water partition coefficient (Wildman–Crippen LogP) is 15.5. The van der Waals surface area contributed by atoms with Crippen molar-refractivity contribution in [2.75, 3.05) is 0 Å². The first kappa shape index (κ1) is 44.0. The third-order valence-corrected chi connectivity index (χ3v) is 12.1. The third-order valence-electron chi connectivity index (χ3n) is 12.1. The van der Waals surface area contributed by atoms with Gasteiger partial charge in [-0.2, -0.15) is 0 Å². The van der Waals surface area contributed by atoms with E-state index in [1.165, 1.54) is 197 Å². The lowest BCUT2D eigenvalue weighted by Gasteiger charge is -2.37. The summed E-state index contributed by atoms with van der Waals surface area (Å²) in [5, 5.41) is 0. The summed E-state index contributed by atoms with van der Waals surface area (Å²) in [6, 6.07) is 22.7. The number of imidazole rings is 1. The van der Waals surface area contributed by atoms with Crippen LogP contribution < -0.4 is 4.57 Å². The van der Waals surface area contributed by atoms with Crippen molar-refractivity contribution in [3.63, 3.8) is 0 Å². The molecule has 0 bridgehead atoms. The maximum Gasteiger partial charge on any atom is 0.258 e. The summed E-state index contributed by atoms with van der Waals surface area (Å²) >= 11 is 0. The van der Waals surface area contributed by atoms with E-state index in [0.29, 0.717) is 5.92 Å². The molecule has 0 saturated carbocycles. The lowest BCUT2D eigenvalue weighted by atomic mass is 9.66. The zero-order valence-electron chi connectivity index (χ0n) is 34.7. The number of nitrogens with one attached hydrogen (secondary N) is 1. The Labute approximate surface area is 323 Å². The van der Waals surface area contributed by atoms with Crippen LogP contribution in [0, 0.1) is 0 Å². The van der Waals surface area contributed by atoms with Crippen molar-refractivity contribution in [1.29, 1.82) is 0 Å². The number of aromatic amines is 1. The first-order chi connectivity index (χ1) is 25.7. The molecule has 0 aliphatic rings. The maximum atomic E-state index is 3.83. The van der Waals surface area contributed by atoms with E-state index in [-0.39, 0.29) is 5.41 Å². The van der Waals surface area contributed by atoms with Gasteiger partial charge >= 0.3 is 0 Å². The van der Waals surface area contributed by atoms with Crippen molar-refractivity contribution in [2.45, 2.75) is 225 Å². The number of H-pyrrole nitrogens is 1. The molecule has 2 atom stereocenters. The van der Waals surface area contributed by atoms with Gasteiger partial charge in [0, 0.05) is 5.41 Å². The molecule has 3 aromatic rings. The smallest absolute Gasteiger partial charge is 0.247 e. The Morgan fingerprint density at radius 1 is 0.500 bits per heavy atom. The summed E-state index contributed by atoms with van der Waals surface area (Å²) in [5.74, 6) is 1.88. The molecule has 0 aliphatic carbocycles. The molecule has 2 nitrogen and oxygen atoms in total. The lowest BCUT2D eigenvalue weighted by molar-refractivity contribution is -0.705. The molecule has 0 aliphatic heterocycles. The molecule has 0 radical (unpaired) electrons. The second-order valence-corrected chi connectivity index (χ2v) is 16.7. The van der Waals surface area contributed by atoms with Crippen LogP contribution in [0.15, 0.2) is 73.1 Å². The van der Waals surface area contributed by atoms with Crippen LogP contribution in [0.3, 0.4) is 0 Å². The van der Waals surface area contributed by atoms with Gasteiger partial charge in [-0.15, -0.1) is 0 Å². The Morgan fingerprint density at radius 3 is 1.37 bits per heavy atom. The van der Waals surface area contributed by atoms with E-state index >= 15 is 0 Å². The molecule has 0 spiro atoms. The van der Waals surface area contributed by atoms with Crippen molar-refractivity contribution in [1.82, 2.24) is 4.98 Å². The molecule has 0 saturated heterocycles. The van der Waals surface area contributed by atoms with Gasteiger partial charge in [0.1, 0.15) is 12.4 Å². The van der Waals surface area contributed by atoms with Crippen LogP contribution in [0.5, 0.6) is 0 Å². The number of hydrogen-bond donors (Lipinski definition) is 1. The molecular formula is C50H83N2+. The molecule has 2 aromatic carbocycles. The summed E-state index contributed by atoms with van der Waals surface area (Å²) in [6.07, 6.45) is 44.9. The van der Waals surface area contributed by atoms with Gasteiger partial charge in [-0.05, 0) is 36.8 Å². The summed E-state index contributed by atoms with van der Waals surface area (Å²) in [4.78, 5) is 3.83. The van der Waals surface area contributed by atoms with Crippen LogP contribution in [-0.2, 0) is 18.4 Å². The highest BCUT2D eigenvalue weighted by Gasteiger charge is 2.42. The van der Waals surface area contributed by atoms with Crippen LogP contribution in [0.2, 0.25) is 0 Å². The number of unbranched alkanes of at least 4 members (excludes halogenated alkanes) is 25. The van der Waals surface area contributed by atoms with Gasteiger partial charge in [0.2, 0.25) is 0 Å². The van der Waals surface area contributed by atoms with Crippen molar-refractivity contribution in [2.24, 2.45) is 0 Å². The Balaban J connectivity index is 1.52. The van der Waals surface area contributed by atoms with Crippen LogP contribution in [0.1, 0.15) is 223 Å². The number of benzene rings is 2. The van der Waals surface area contributed by atoms with E-state index in [0.717, 1.165) is 13.0 Å². The largest absolute Gasteiger partial charge is 0.258 e. The molecule has 1 N–H and O–H groups in total. The highest BCUT2D eigenvalue weighted by Crippen LogP contribution is 2.43. The maximum absolute atomic E-state index is 3.83. The first-order valence-electron chi connectivity index (χ1n) is 22.8. The van der Waals surface area contributed by atoms with Gasteiger partial charge in [0.25, 0.3) is 5.82 Å². The molecule has 1 aromatic heterocycles. The van der Waals surface area contributed by atoms with Crippen LogP contribution in [0.25, 0.3) is 0 Å². The van der Waals surface area contributed by atoms with Crippen molar-refractivity contribution >= 4 is 0 Å². The Bertz CT molecular complexity index is 1200. The molecule has 3 rings (SSSR count). The number of aromatic nitrogens is 2. The topological polar surface area (TPSA) is 19.7 Å². The minimum atomic E-state index is 0.00174. The van der Waals surface area contributed by atoms with Gasteiger partial charge in [-0.25, -0.2) is 9.55 Å². The van der Waals surface area contributed by atoms with Crippen molar-refractivity contribution in [3.8, 4) is 0 Å². The average Bonchev–Trinajstić information content (AvgIpc) is 3.63. The molecule has 0 amide bonds. The highest BCUT2D eigenvalue weighted by molar-refractivity contribution is 5.32. The highest BCUT2D eigenvalue weighted by atomic mass is 15.1. The summed E-state index contributed by atoms with van der Waals surface area (Å²) in [7, 11) is 0. The Kier molecular flexibility index (Phi) is 24.6. The predicted molar refractivity (Wildman–Crippen MR) is 228 cm³/mol. The monoisotopic (exact) mass is 712 g/mol. The normalized spacial score (nSPS) is 13.4. The Hall–Kier alpha value is -2.35. The number of aryl methyl sites for hydroxylation is 1. The van der Waals surface area contributed by atoms with E-state index in [1.54, 1.807) is 0 Å². The molecular weight excluding hydrogens is 629 g/mol. The number of hydrogen-bond acceptors (Lipinski definition) is 0. The third kappa shape index (κ3) is 18.1. The number of nitrogens with zero attached hydrogens (tertiary/aromatic N) is 1. The molecule has 2 unspecified atom stereocenters. The van der Waals surface area contributed by atoms with E-state index in [2.05, 4.69) is 103 Å². The van der Waals surface area contributed by atoms with Gasteiger partial charge < -0.3 is 0 Å². The van der Waals surface area contributed by atoms with Gasteiger partial charge in [0.05, 0.1) is 12.5 Å². The van der Waals surface area contributed by atoms with Crippen LogP contribution >= 0.6 is 0 Å². The zero-order valence-corrected chi connectivity index (χ0v) is 34.7. The van der Waals surface area contributed by atoms with E-state index in [4.69, 9.17) is 0 Å². The van der Waals surface area contributed by atoms with Crippen LogP contribution in [0.4, 0.5) is 0 Å². The van der Waals surface area contributed by atoms with Gasteiger partial charge in [-0.3, -0.25) is 0 Å². The zero-order chi connectivity index (χ0) is 36.8. The molecule has 1 heterocycles. The van der Waals surface area contributed by atoms with E-state index in [1.807, 2.05) is 0 Å². The second kappa shape index (κ2) is 29.1. The lowest BCUT2D eigenvalue weighted by Crippen LogP contribution is -2.43. The average molecular weight is 712 g/mol. The summed E-state index contributed by atoms with van der Waals surface area (Å²) < 4.78 is 2.60. The quantitative estimate of drug-likeness (QED) is 0.0470. The fourth-order valence-electron chi connectivity index (χ4n) is 8.74. The molecule has 292 valence electrons. The molecule has 2 heteroatoms. The van der Waals surface area contributed by atoms with Crippen molar-refractivity contribution < 1.29 is 4.57 Å². The first-order valence-corrected chi connectivity index (χ1v) is 22.8. The Morgan fingerprint density at radius 2 is 0.904 bits per heavy atom. The van der Waals surface area contributed by atoms with Crippen molar-refractivity contribution in [3.05, 3.63) is 90.0 Å². The minimum Gasteiger partial charge on any atom is -0.247 e.